The number of carbonyl (C=O) groups is 2. The Morgan fingerprint density at radius 3 is 2.07 bits per heavy atom. The Morgan fingerprint density at radius 2 is 1.46 bits per heavy atom. The standard InChI is InChI=1S/C22H32N4O2/c27-20(23-18-22(8-9-22)19-6-2-1-3-7-19)16-24-12-14-25(15-13-24)17-21(28)26-10-4-5-11-26/h1-3,6-7H,4-5,8-18H2,(H,23,27). The molecular weight excluding hydrogens is 352 g/mol. The van der Waals surface area contributed by atoms with Gasteiger partial charge in [0.05, 0.1) is 13.1 Å². The van der Waals surface area contributed by atoms with Crippen molar-refractivity contribution in [3.05, 3.63) is 35.9 Å². The zero-order chi connectivity index (χ0) is 19.4. The molecule has 1 aromatic carbocycles. The van der Waals surface area contributed by atoms with Crippen LogP contribution in [0.15, 0.2) is 30.3 Å². The molecule has 28 heavy (non-hydrogen) atoms. The minimum absolute atomic E-state index is 0.115. The van der Waals surface area contributed by atoms with E-state index in [0.717, 1.165) is 71.5 Å². The zero-order valence-electron chi connectivity index (χ0n) is 16.7. The van der Waals surface area contributed by atoms with Gasteiger partial charge in [0, 0.05) is 51.2 Å². The van der Waals surface area contributed by atoms with Crippen molar-refractivity contribution in [2.24, 2.45) is 0 Å². The molecule has 1 aromatic rings. The van der Waals surface area contributed by atoms with Crippen molar-refractivity contribution < 1.29 is 9.59 Å². The first-order valence-corrected chi connectivity index (χ1v) is 10.7. The minimum atomic E-state index is 0.115. The van der Waals surface area contributed by atoms with Crippen LogP contribution in [0, 0.1) is 0 Å². The number of piperazine rings is 1. The summed E-state index contributed by atoms with van der Waals surface area (Å²) in [5.74, 6) is 0.378. The molecule has 152 valence electrons. The highest BCUT2D eigenvalue weighted by molar-refractivity contribution is 5.79. The van der Waals surface area contributed by atoms with Gasteiger partial charge in [-0.25, -0.2) is 0 Å². The Bertz CT molecular complexity index is 675. The maximum absolute atomic E-state index is 12.4. The molecule has 1 saturated carbocycles. The highest BCUT2D eigenvalue weighted by Gasteiger charge is 2.44. The lowest BCUT2D eigenvalue weighted by atomic mass is 9.96. The lowest BCUT2D eigenvalue weighted by Gasteiger charge is -2.34. The fourth-order valence-electron chi connectivity index (χ4n) is 4.40. The summed E-state index contributed by atoms with van der Waals surface area (Å²) < 4.78 is 0. The van der Waals surface area contributed by atoms with Crippen LogP contribution in [-0.2, 0) is 15.0 Å². The summed E-state index contributed by atoms with van der Waals surface area (Å²) in [5.41, 5.74) is 1.50. The summed E-state index contributed by atoms with van der Waals surface area (Å²) in [6, 6.07) is 10.5. The van der Waals surface area contributed by atoms with Crippen LogP contribution in [0.5, 0.6) is 0 Å². The van der Waals surface area contributed by atoms with Gasteiger partial charge >= 0.3 is 0 Å². The number of carbonyl (C=O) groups excluding carboxylic acids is 2. The van der Waals surface area contributed by atoms with Gasteiger partial charge in [0.15, 0.2) is 0 Å². The fourth-order valence-corrected chi connectivity index (χ4v) is 4.40. The van der Waals surface area contributed by atoms with Gasteiger partial charge in [0.2, 0.25) is 11.8 Å². The van der Waals surface area contributed by atoms with Crippen LogP contribution in [-0.4, -0.2) is 85.4 Å². The predicted molar refractivity (Wildman–Crippen MR) is 109 cm³/mol. The van der Waals surface area contributed by atoms with Crippen LogP contribution in [0.3, 0.4) is 0 Å². The molecule has 0 bridgehead atoms. The molecule has 1 aliphatic carbocycles. The van der Waals surface area contributed by atoms with Crippen molar-refractivity contribution in [3.8, 4) is 0 Å². The molecule has 2 amide bonds. The number of rotatable bonds is 7. The summed E-state index contributed by atoms with van der Waals surface area (Å²) in [6.07, 6.45) is 4.59. The van der Waals surface area contributed by atoms with Crippen LogP contribution in [0.1, 0.15) is 31.2 Å². The molecular formula is C22H32N4O2. The van der Waals surface area contributed by atoms with Crippen molar-refractivity contribution in [3.63, 3.8) is 0 Å². The Labute approximate surface area is 167 Å². The van der Waals surface area contributed by atoms with Gasteiger partial charge < -0.3 is 10.2 Å². The number of hydrogen-bond acceptors (Lipinski definition) is 4. The van der Waals surface area contributed by atoms with Crippen molar-refractivity contribution in [2.75, 3.05) is 58.9 Å². The van der Waals surface area contributed by atoms with E-state index in [2.05, 4.69) is 39.4 Å². The zero-order valence-corrected chi connectivity index (χ0v) is 16.7. The second-order valence-electron chi connectivity index (χ2n) is 8.56. The molecule has 2 aliphatic heterocycles. The van der Waals surface area contributed by atoms with E-state index in [1.165, 1.54) is 5.56 Å². The third-order valence-corrected chi connectivity index (χ3v) is 6.51. The monoisotopic (exact) mass is 384 g/mol. The summed E-state index contributed by atoms with van der Waals surface area (Å²) in [6.45, 7) is 6.99. The van der Waals surface area contributed by atoms with Crippen molar-refractivity contribution in [1.82, 2.24) is 20.0 Å². The third-order valence-electron chi connectivity index (χ3n) is 6.51. The quantitative estimate of drug-likeness (QED) is 0.764. The fraction of sp³-hybridized carbons (Fsp3) is 0.636. The van der Waals surface area contributed by atoms with Gasteiger partial charge in [0.1, 0.15) is 0 Å². The number of nitrogens with one attached hydrogen (secondary N) is 1. The van der Waals surface area contributed by atoms with E-state index in [1.807, 2.05) is 11.0 Å². The largest absolute Gasteiger partial charge is 0.354 e. The van der Waals surface area contributed by atoms with Gasteiger partial charge in [-0.3, -0.25) is 19.4 Å². The van der Waals surface area contributed by atoms with Crippen LogP contribution in [0.25, 0.3) is 0 Å². The van der Waals surface area contributed by atoms with Crippen LogP contribution in [0.2, 0.25) is 0 Å². The number of nitrogens with zero attached hydrogens (tertiary/aromatic N) is 3. The molecule has 4 rings (SSSR count). The topological polar surface area (TPSA) is 55.9 Å². The first-order chi connectivity index (χ1) is 13.6. The third kappa shape index (κ3) is 4.73. The molecule has 0 atom stereocenters. The Balaban J connectivity index is 1.16. The summed E-state index contributed by atoms with van der Waals surface area (Å²) in [5, 5.41) is 3.16. The molecule has 2 saturated heterocycles. The molecule has 3 fully saturated rings. The summed E-state index contributed by atoms with van der Waals surface area (Å²) in [7, 11) is 0. The van der Waals surface area contributed by atoms with Crippen LogP contribution < -0.4 is 5.32 Å². The molecule has 3 aliphatic rings. The van der Waals surface area contributed by atoms with E-state index in [1.54, 1.807) is 0 Å². The van der Waals surface area contributed by atoms with Gasteiger partial charge in [-0.1, -0.05) is 30.3 Å². The smallest absolute Gasteiger partial charge is 0.236 e. The van der Waals surface area contributed by atoms with E-state index in [4.69, 9.17) is 0 Å². The Kier molecular flexibility index (Phi) is 5.97. The highest BCUT2D eigenvalue weighted by atomic mass is 16.2. The van der Waals surface area contributed by atoms with E-state index >= 15 is 0 Å². The average Bonchev–Trinajstić information content (AvgIpc) is 3.31. The van der Waals surface area contributed by atoms with Gasteiger partial charge in [-0.2, -0.15) is 0 Å². The molecule has 6 nitrogen and oxygen atoms in total. The maximum atomic E-state index is 12.4. The summed E-state index contributed by atoms with van der Waals surface area (Å²) >= 11 is 0. The maximum Gasteiger partial charge on any atom is 0.236 e. The molecule has 0 unspecified atom stereocenters. The minimum Gasteiger partial charge on any atom is -0.354 e. The lowest BCUT2D eigenvalue weighted by Crippen LogP contribution is -2.52. The van der Waals surface area contributed by atoms with Gasteiger partial charge in [-0.15, -0.1) is 0 Å². The van der Waals surface area contributed by atoms with E-state index in [0.29, 0.717) is 13.1 Å². The molecule has 0 radical (unpaired) electrons. The summed E-state index contributed by atoms with van der Waals surface area (Å²) in [4.78, 5) is 31.1. The second-order valence-corrected chi connectivity index (χ2v) is 8.56. The number of amides is 2. The number of hydrogen-bond donors (Lipinski definition) is 1. The van der Waals surface area contributed by atoms with Gasteiger partial charge in [0.25, 0.3) is 0 Å². The Morgan fingerprint density at radius 1 is 0.857 bits per heavy atom. The molecule has 2 heterocycles. The van der Waals surface area contributed by atoms with E-state index in [9.17, 15) is 9.59 Å². The lowest BCUT2D eigenvalue weighted by molar-refractivity contribution is -0.132. The Hall–Kier alpha value is -1.92. The van der Waals surface area contributed by atoms with Crippen LogP contribution >= 0.6 is 0 Å². The molecule has 0 aromatic heterocycles. The predicted octanol–water partition coefficient (Wildman–Crippen LogP) is 1.07. The first-order valence-electron chi connectivity index (χ1n) is 10.7. The highest BCUT2D eigenvalue weighted by Crippen LogP contribution is 2.47. The molecule has 6 heteroatoms. The SMILES string of the molecule is O=C(CN1CCN(CC(=O)N2CCCC2)CC1)NCC1(c2ccccc2)CC1. The van der Waals surface area contributed by atoms with Crippen molar-refractivity contribution in [1.29, 1.82) is 0 Å². The van der Waals surface area contributed by atoms with Crippen molar-refractivity contribution >= 4 is 11.8 Å². The first kappa shape index (κ1) is 19.4. The normalized spacial score (nSPS) is 22.2. The van der Waals surface area contributed by atoms with E-state index < -0.39 is 0 Å². The average molecular weight is 385 g/mol. The van der Waals surface area contributed by atoms with E-state index in [-0.39, 0.29) is 17.2 Å². The van der Waals surface area contributed by atoms with Crippen LogP contribution in [0.4, 0.5) is 0 Å². The molecule has 0 spiro atoms. The number of likely N-dealkylation sites (tertiary alicyclic amines) is 1. The van der Waals surface area contributed by atoms with Crippen molar-refractivity contribution in [2.45, 2.75) is 31.1 Å². The second kappa shape index (κ2) is 8.62. The number of benzene rings is 1. The van der Waals surface area contributed by atoms with Gasteiger partial charge in [-0.05, 0) is 31.2 Å². The molecule has 1 N–H and O–H groups in total.